The number of fused-ring (bicyclic) bond motifs is 1. The van der Waals surface area contributed by atoms with Crippen molar-refractivity contribution in [3.63, 3.8) is 0 Å². The highest BCUT2D eigenvalue weighted by molar-refractivity contribution is 6.04. The summed E-state index contributed by atoms with van der Waals surface area (Å²) < 4.78 is 19.1. The van der Waals surface area contributed by atoms with Gasteiger partial charge in [-0.05, 0) is 47.7 Å². The van der Waals surface area contributed by atoms with Gasteiger partial charge in [0.1, 0.15) is 23.5 Å². The van der Waals surface area contributed by atoms with E-state index in [2.05, 4.69) is 16.4 Å². The fourth-order valence-corrected chi connectivity index (χ4v) is 2.86. The van der Waals surface area contributed by atoms with Crippen molar-refractivity contribution in [1.82, 2.24) is 4.98 Å². The molecular weight excluding hydrogens is 333 g/mol. The van der Waals surface area contributed by atoms with E-state index in [0.29, 0.717) is 35.7 Å². The summed E-state index contributed by atoms with van der Waals surface area (Å²) in [6.45, 7) is 0.583. The number of methoxy groups -OCH3 is 1. The van der Waals surface area contributed by atoms with Crippen LogP contribution in [-0.2, 0) is 0 Å². The smallest absolute Gasteiger partial charge is 0.151 e. The van der Waals surface area contributed by atoms with E-state index < -0.39 is 0 Å². The number of ether oxygens (including phenoxy) is 1. The second-order valence-electron chi connectivity index (χ2n) is 5.72. The SMILES string of the molecule is COc1ccc2c(NCCCO)nc(C#N)c(-c3cccc(F)c3)c2c1. The monoisotopic (exact) mass is 351 g/mol. The molecule has 0 radical (unpaired) electrons. The van der Waals surface area contributed by atoms with Crippen LogP contribution in [0.1, 0.15) is 12.1 Å². The van der Waals surface area contributed by atoms with Crippen molar-refractivity contribution in [3.8, 4) is 22.9 Å². The summed E-state index contributed by atoms with van der Waals surface area (Å²) in [6, 6.07) is 13.7. The molecule has 1 heterocycles. The van der Waals surface area contributed by atoms with Crippen LogP contribution in [0.2, 0.25) is 0 Å². The Bertz CT molecular complexity index is 983. The van der Waals surface area contributed by atoms with Gasteiger partial charge in [0.2, 0.25) is 0 Å². The average Bonchev–Trinajstić information content (AvgIpc) is 2.67. The summed E-state index contributed by atoms with van der Waals surface area (Å²) in [5.74, 6) is 0.798. The van der Waals surface area contributed by atoms with E-state index in [-0.39, 0.29) is 18.1 Å². The third-order valence-electron chi connectivity index (χ3n) is 4.06. The maximum Gasteiger partial charge on any atom is 0.151 e. The Kier molecular flexibility index (Phi) is 5.30. The van der Waals surface area contributed by atoms with Gasteiger partial charge in [0.15, 0.2) is 5.69 Å². The number of nitriles is 1. The van der Waals surface area contributed by atoms with E-state index in [1.54, 1.807) is 19.2 Å². The zero-order valence-corrected chi connectivity index (χ0v) is 14.3. The molecule has 2 N–H and O–H groups in total. The quantitative estimate of drug-likeness (QED) is 0.662. The van der Waals surface area contributed by atoms with Crippen molar-refractivity contribution in [2.75, 3.05) is 25.6 Å². The number of nitrogens with one attached hydrogen (secondary N) is 1. The van der Waals surface area contributed by atoms with Gasteiger partial charge < -0.3 is 15.2 Å². The van der Waals surface area contributed by atoms with Crippen molar-refractivity contribution in [3.05, 3.63) is 54.0 Å². The van der Waals surface area contributed by atoms with Crippen LogP contribution in [0.3, 0.4) is 0 Å². The molecule has 132 valence electrons. The van der Waals surface area contributed by atoms with Crippen molar-refractivity contribution in [2.45, 2.75) is 6.42 Å². The fourth-order valence-electron chi connectivity index (χ4n) is 2.86. The zero-order valence-electron chi connectivity index (χ0n) is 14.3. The van der Waals surface area contributed by atoms with Crippen molar-refractivity contribution >= 4 is 16.6 Å². The highest BCUT2D eigenvalue weighted by Crippen LogP contribution is 2.36. The normalized spacial score (nSPS) is 10.5. The van der Waals surface area contributed by atoms with Gasteiger partial charge in [-0.25, -0.2) is 9.37 Å². The van der Waals surface area contributed by atoms with Crippen molar-refractivity contribution in [2.24, 2.45) is 0 Å². The Labute approximate surface area is 150 Å². The first kappa shape index (κ1) is 17.6. The molecule has 0 aliphatic carbocycles. The molecule has 3 rings (SSSR count). The van der Waals surface area contributed by atoms with Crippen LogP contribution in [0, 0.1) is 17.1 Å². The summed E-state index contributed by atoms with van der Waals surface area (Å²) in [7, 11) is 1.57. The largest absolute Gasteiger partial charge is 0.497 e. The molecule has 0 atom stereocenters. The zero-order chi connectivity index (χ0) is 18.5. The molecule has 0 bridgehead atoms. The summed E-state index contributed by atoms with van der Waals surface area (Å²) in [6.07, 6.45) is 0.562. The Morgan fingerprint density at radius 1 is 1.23 bits per heavy atom. The maximum absolute atomic E-state index is 13.8. The van der Waals surface area contributed by atoms with Crippen molar-refractivity contribution < 1.29 is 14.2 Å². The van der Waals surface area contributed by atoms with E-state index in [9.17, 15) is 9.65 Å². The van der Waals surface area contributed by atoms with Crippen LogP contribution in [0.15, 0.2) is 42.5 Å². The lowest BCUT2D eigenvalue weighted by molar-refractivity contribution is 0.292. The Morgan fingerprint density at radius 2 is 2.08 bits per heavy atom. The lowest BCUT2D eigenvalue weighted by Gasteiger charge is -2.15. The summed E-state index contributed by atoms with van der Waals surface area (Å²) in [4.78, 5) is 4.44. The highest BCUT2D eigenvalue weighted by Gasteiger charge is 2.16. The molecule has 6 heteroatoms. The predicted octanol–water partition coefficient (Wildman–Crippen LogP) is 3.72. The summed E-state index contributed by atoms with van der Waals surface area (Å²) in [5, 5.41) is 23.3. The number of halogens is 1. The molecule has 5 nitrogen and oxygen atoms in total. The van der Waals surface area contributed by atoms with Gasteiger partial charge in [-0.1, -0.05) is 12.1 Å². The number of hydrogen-bond acceptors (Lipinski definition) is 5. The number of anilines is 1. The molecule has 0 spiro atoms. The molecule has 0 aliphatic heterocycles. The molecule has 3 aromatic rings. The van der Waals surface area contributed by atoms with Gasteiger partial charge in [-0.15, -0.1) is 0 Å². The minimum Gasteiger partial charge on any atom is -0.497 e. The topological polar surface area (TPSA) is 78.2 Å². The minimum atomic E-state index is -0.382. The highest BCUT2D eigenvalue weighted by atomic mass is 19.1. The number of aromatic nitrogens is 1. The van der Waals surface area contributed by atoms with Gasteiger partial charge in [0.05, 0.1) is 7.11 Å². The van der Waals surface area contributed by atoms with Gasteiger partial charge in [-0.2, -0.15) is 5.26 Å². The van der Waals surface area contributed by atoms with E-state index in [0.717, 1.165) is 10.8 Å². The predicted molar refractivity (Wildman–Crippen MR) is 98.6 cm³/mol. The molecular formula is C20H18FN3O2. The van der Waals surface area contributed by atoms with E-state index >= 15 is 0 Å². The number of benzene rings is 2. The number of aliphatic hydroxyl groups is 1. The molecule has 1 aromatic heterocycles. The van der Waals surface area contributed by atoms with Gasteiger partial charge in [0.25, 0.3) is 0 Å². The first-order chi connectivity index (χ1) is 12.7. The van der Waals surface area contributed by atoms with Crippen LogP contribution < -0.4 is 10.1 Å². The van der Waals surface area contributed by atoms with Gasteiger partial charge in [-0.3, -0.25) is 0 Å². The Balaban J connectivity index is 2.28. The first-order valence-corrected chi connectivity index (χ1v) is 8.20. The summed E-state index contributed by atoms with van der Waals surface area (Å²) in [5.41, 5.74) is 1.34. The van der Waals surface area contributed by atoms with Crippen LogP contribution in [-0.4, -0.2) is 30.4 Å². The third-order valence-corrected chi connectivity index (χ3v) is 4.06. The Hall–Kier alpha value is -3.17. The minimum absolute atomic E-state index is 0.0608. The fraction of sp³-hybridized carbons (Fsp3) is 0.200. The number of pyridine rings is 1. The number of rotatable bonds is 6. The summed E-state index contributed by atoms with van der Waals surface area (Å²) >= 11 is 0. The first-order valence-electron chi connectivity index (χ1n) is 8.20. The lowest BCUT2D eigenvalue weighted by Crippen LogP contribution is -2.07. The Morgan fingerprint density at radius 3 is 2.77 bits per heavy atom. The van der Waals surface area contributed by atoms with Crippen molar-refractivity contribution in [1.29, 1.82) is 5.26 Å². The van der Waals surface area contributed by atoms with Crippen LogP contribution in [0.25, 0.3) is 21.9 Å². The maximum atomic E-state index is 13.8. The molecule has 0 saturated heterocycles. The van der Waals surface area contributed by atoms with E-state index in [1.807, 2.05) is 18.2 Å². The van der Waals surface area contributed by atoms with Gasteiger partial charge >= 0.3 is 0 Å². The third kappa shape index (κ3) is 3.44. The average molecular weight is 351 g/mol. The van der Waals surface area contributed by atoms with Gasteiger partial charge in [0, 0.05) is 24.1 Å². The van der Waals surface area contributed by atoms with Crippen LogP contribution in [0.5, 0.6) is 5.75 Å². The molecule has 0 amide bonds. The van der Waals surface area contributed by atoms with E-state index in [1.165, 1.54) is 12.1 Å². The second-order valence-corrected chi connectivity index (χ2v) is 5.72. The molecule has 0 saturated carbocycles. The number of aliphatic hydroxyl groups excluding tert-OH is 1. The van der Waals surface area contributed by atoms with E-state index in [4.69, 9.17) is 9.84 Å². The molecule has 2 aromatic carbocycles. The number of hydrogen-bond donors (Lipinski definition) is 2. The molecule has 0 fully saturated rings. The van der Waals surface area contributed by atoms with Crippen LogP contribution in [0.4, 0.5) is 10.2 Å². The molecule has 0 unspecified atom stereocenters. The molecule has 26 heavy (non-hydrogen) atoms. The molecule has 0 aliphatic rings. The standard InChI is InChI=1S/C20H18FN3O2/c1-26-15-6-7-16-17(11-15)19(13-4-2-5-14(21)10-13)18(12-22)24-20(16)23-8-3-9-25/h2,4-7,10-11,25H,3,8-9H2,1H3,(H,23,24). The lowest BCUT2D eigenvalue weighted by atomic mass is 9.96. The second kappa shape index (κ2) is 7.81. The van der Waals surface area contributed by atoms with Crippen LogP contribution >= 0.6 is 0 Å². The number of nitrogens with zero attached hydrogens (tertiary/aromatic N) is 2.